The van der Waals surface area contributed by atoms with Crippen LogP contribution >= 0.6 is 11.3 Å². The molecule has 10 rings (SSSR count). The number of fused-ring (bicyclic) bond motifs is 4. The Morgan fingerprint density at radius 2 is 0.981 bits per heavy atom. The molecule has 6 aromatic carbocycles. The highest BCUT2D eigenvalue weighted by Gasteiger charge is 2.20. The fraction of sp³-hybridized carbons (Fsp3) is 0. The Bertz CT molecular complexity index is 2840. The van der Waals surface area contributed by atoms with Crippen molar-refractivity contribution in [3.63, 3.8) is 0 Å². The zero-order chi connectivity index (χ0) is 34.4. The molecule has 4 aromatic heterocycles. The third-order valence-corrected chi connectivity index (χ3v) is 10.6. The minimum atomic E-state index is 0.635. The van der Waals surface area contributed by atoms with E-state index in [1.165, 1.54) is 25.7 Å². The molecular weight excluding hydrogens is 655 g/mol. The van der Waals surface area contributed by atoms with E-state index >= 15 is 0 Å². The zero-order valence-electron chi connectivity index (χ0n) is 27.9. The van der Waals surface area contributed by atoms with E-state index in [2.05, 4.69) is 114 Å². The molecule has 0 aliphatic rings. The molecule has 0 aliphatic heterocycles. The first-order chi connectivity index (χ1) is 25.8. The SMILES string of the molecule is c1ccc(-c2nc(-c3ccccc3)nc(-c3cccc(-c4ccc(-c5nc6ccccn6c5-c5cccc6sc7ccccc7c56)cc4)c3)n2)cc1. The number of hydrogen-bond donors (Lipinski definition) is 0. The number of pyridine rings is 1. The molecule has 0 aliphatic carbocycles. The van der Waals surface area contributed by atoms with Crippen LogP contribution in [-0.4, -0.2) is 24.3 Å². The number of hydrogen-bond acceptors (Lipinski definition) is 5. The quantitative estimate of drug-likeness (QED) is 0.175. The van der Waals surface area contributed by atoms with Crippen molar-refractivity contribution in [3.05, 3.63) is 176 Å². The van der Waals surface area contributed by atoms with Gasteiger partial charge in [-0.1, -0.05) is 140 Å². The van der Waals surface area contributed by atoms with E-state index in [0.717, 1.165) is 50.4 Å². The van der Waals surface area contributed by atoms with E-state index in [9.17, 15) is 0 Å². The molecule has 0 amide bonds. The number of rotatable bonds is 6. The minimum Gasteiger partial charge on any atom is -0.299 e. The molecule has 5 nitrogen and oxygen atoms in total. The number of aromatic nitrogens is 5. The first-order valence-electron chi connectivity index (χ1n) is 17.2. The topological polar surface area (TPSA) is 56.0 Å². The van der Waals surface area contributed by atoms with Gasteiger partial charge >= 0.3 is 0 Å². The molecule has 0 atom stereocenters. The highest BCUT2D eigenvalue weighted by Crippen LogP contribution is 2.43. The lowest BCUT2D eigenvalue weighted by molar-refractivity contribution is 1.07. The summed E-state index contributed by atoms with van der Waals surface area (Å²) in [6.07, 6.45) is 2.11. The van der Waals surface area contributed by atoms with Gasteiger partial charge in [0.2, 0.25) is 0 Å². The summed E-state index contributed by atoms with van der Waals surface area (Å²) in [5, 5.41) is 2.54. The van der Waals surface area contributed by atoms with Gasteiger partial charge in [0.1, 0.15) is 5.65 Å². The lowest BCUT2D eigenvalue weighted by Gasteiger charge is -2.10. The fourth-order valence-corrected chi connectivity index (χ4v) is 8.15. The highest BCUT2D eigenvalue weighted by atomic mass is 32.1. The van der Waals surface area contributed by atoms with Gasteiger partial charge in [0.15, 0.2) is 17.5 Å². The molecule has 0 saturated carbocycles. The van der Waals surface area contributed by atoms with E-state index in [1.54, 1.807) is 0 Å². The van der Waals surface area contributed by atoms with Crippen LogP contribution in [0.3, 0.4) is 0 Å². The average molecular weight is 684 g/mol. The van der Waals surface area contributed by atoms with Crippen molar-refractivity contribution in [2.45, 2.75) is 0 Å². The third kappa shape index (κ3) is 5.25. The second-order valence-corrected chi connectivity index (χ2v) is 13.8. The molecule has 4 heterocycles. The molecule has 0 fully saturated rings. The van der Waals surface area contributed by atoms with Gasteiger partial charge in [0.25, 0.3) is 0 Å². The van der Waals surface area contributed by atoms with Gasteiger partial charge in [0, 0.05) is 54.2 Å². The van der Waals surface area contributed by atoms with Crippen molar-refractivity contribution in [3.8, 4) is 67.8 Å². The van der Waals surface area contributed by atoms with Gasteiger partial charge in [-0.25, -0.2) is 19.9 Å². The lowest BCUT2D eigenvalue weighted by Crippen LogP contribution is -2.00. The van der Waals surface area contributed by atoms with Crippen molar-refractivity contribution in [2.24, 2.45) is 0 Å². The fourth-order valence-electron chi connectivity index (χ4n) is 7.02. The van der Waals surface area contributed by atoms with E-state index in [4.69, 9.17) is 19.9 Å². The molecule has 0 bridgehead atoms. The van der Waals surface area contributed by atoms with Crippen molar-refractivity contribution in [1.82, 2.24) is 24.3 Å². The molecule has 0 saturated heterocycles. The van der Waals surface area contributed by atoms with Crippen molar-refractivity contribution in [2.75, 3.05) is 0 Å². The maximum Gasteiger partial charge on any atom is 0.164 e. The summed E-state index contributed by atoms with van der Waals surface area (Å²) >= 11 is 1.84. The summed E-state index contributed by atoms with van der Waals surface area (Å²) in [6, 6.07) is 58.8. The Hall–Kier alpha value is -6.76. The second-order valence-electron chi connectivity index (χ2n) is 12.7. The molecule has 10 aromatic rings. The second kappa shape index (κ2) is 12.5. The van der Waals surface area contributed by atoms with Gasteiger partial charge in [-0.15, -0.1) is 11.3 Å². The molecule has 244 valence electrons. The summed E-state index contributed by atoms with van der Waals surface area (Å²) < 4.78 is 4.78. The van der Waals surface area contributed by atoms with Crippen LogP contribution in [0.15, 0.2) is 176 Å². The van der Waals surface area contributed by atoms with Crippen LogP contribution in [0.1, 0.15) is 0 Å². The number of nitrogens with zero attached hydrogens (tertiary/aromatic N) is 5. The maximum absolute atomic E-state index is 5.20. The molecule has 52 heavy (non-hydrogen) atoms. The van der Waals surface area contributed by atoms with E-state index in [0.29, 0.717) is 17.5 Å². The van der Waals surface area contributed by atoms with Crippen LogP contribution in [0.25, 0.3) is 93.6 Å². The Morgan fingerprint density at radius 1 is 0.404 bits per heavy atom. The molecule has 0 radical (unpaired) electrons. The smallest absolute Gasteiger partial charge is 0.164 e. The first kappa shape index (κ1) is 30.1. The standard InChI is InChI=1S/C46H29N5S/c1-3-13-32(14-4-1)44-48-45(33-15-5-2-6-16-33)50-46(49-44)35-18-11-17-34(29-35)30-24-26-31(27-25-30)42-43(51-28-10-9-23-40(51)47-42)37-20-12-22-39-41(37)36-19-7-8-21-38(36)52-39/h1-29H. The van der Waals surface area contributed by atoms with Gasteiger partial charge in [-0.05, 0) is 41.5 Å². The summed E-state index contributed by atoms with van der Waals surface area (Å²) in [5.74, 6) is 1.93. The van der Waals surface area contributed by atoms with Crippen LogP contribution in [0.5, 0.6) is 0 Å². The van der Waals surface area contributed by atoms with E-state index in [1.807, 2.05) is 78.1 Å². The van der Waals surface area contributed by atoms with Crippen LogP contribution in [0, 0.1) is 0 Å². The van der Waals surface area contributed by atoms with Crippen LogP contribution in [0.4, 0.5) is 0 Å². The monoisotopic (exact) mass is 683 g/mol. The average Bonchev–Trinajstić information content (AvgIpc) is 3.81. The molecule has 0 unspecified atom stereocenters. The molecule has 0 spiro atoms. The predicted octanol–water partition coefficient (Wildman–Crippen LogP) is 11.9. The van der Waals surface area contributed by atoms with Gasteiger partial charge in [0.05, 0.1) is 11.4 Å². The highest BCUT2D eigenvalue weighted by molar-refractivity contribution is 7.25. The van der Waals surface area contributed by atoms with Crippen LogP contribution < -0.4 is 0 Å². The maximum atomic E-state index is 5.20. The zero-order valence-corrected chi connectivity index (χ0v) is 28.7. The van der Waals surface area contributed by atoms with Gasteiger partial charge < -0.3 is 0 Å². The van der Waals surface area contributed by atoms with Crippen LogP contribution in [-0.2, 0) is 0 Å². The van der Waals surface area contributed by atoms with Crippen LogP contribution in [0.2, 0.25) is 0 Å². The Labute approximate surface area is 304 Å². The van der Waals surface area contributed by atoms with Crippen molar-refractivity contribution in [1.29, 1.82) is 0 Å². The molecule has 6 heteroatoms. The molecular formula is C46H29N5S. The minimum absolute atomic E-state index is 0.635. The summed E-state index contributed by atoms with van der Waals surface area (Å²) in [5.41, 5.74) is 10.2. The van der Waals surface area contributed by atoms with Crippen molar-refractivity contribution >= 4 is 37.2 Å². The number of benzene rings is 6. The lowest BCUT2D eigenvalue weighted by atomic mass is 9.97. The number of imidazole rings is 1. The van der Waals surface area contributed by atoms with E-state index < -0.39 is 0 Å². The van der Waals surface area contributed by atoms with Gasteiger partial charge in [-0.2, -0.15) is 0 Å². The molecule has 0 N–H and O–H groups in total. The number of thiophene rings is 1. The summed E-state index contributed by atoms with van der Waals surface area (Å²) in [4.78, 5) is 20.0. The van der Waals surface area contributed by atoms with Crippen molar-refractivity contribution < 1.29 is 0 Å². The predicted molar refractivity (Wildman–Crippen MR) is 214 cm³/mol. The largest absolute Gasteiger partial charge is 0.299 e. The Balaban J connectivity index is 1.06. The summed E-state index contributed by atoms with van der Waals surface area (Å²) in [7, 11) is 0. The van der Waals surface area contributed by atoms with E-state index in [-0.39, 0.29) is 0 Å². The first-order valence-corrected chi connectivity index (χ1v) is 18.0. The van der Waals surface area contributed by atoms with Gasteiger partial charge in [-0.3, -0.25) is 4.40 Å². The summed E-state index contributed by atoms with van der Waals surface area (Å²) in [6.45, 7) is 0. The Morgan fingerprint density at radius 3 is 1.73 bits per heavy atom. The normalized spacial score (nSPS) is 11.5. The third-order valence-electron chi connectivity index (χ3n) is 9.50. The Kier molecular flexibility index (Phi) is 7.25.